The number of hydrogen-bond donors (Lipinski definition) is 1. The summed E-state index contributed by atoms with van der Waals surface area (Å²) in [6, 6.07) is 0. The number of aromatic nitrogens is 5. The molecule has 102 valence electrons. The zero-order valence-corrected chi connectivity index (χ0v) is 11.6. The molecule has 0 aliphatic heterocycles. The molecule has 0 atom stereocenters. The highest BCUT2D eigenvalue weighted by atomic mass is 16.1. The van der Waals surface area contributed by atoms with Crippen LogP contribution in [0.15, 0.2) is 12.5 Å². The van der Waals surface area contributed by atoms with E-state index in [0.717, 1.165) is 5.69 Å². The van der Waals surface area contributed by atoms with Crippen molar-refractivity contribution in [1.82, 2.24) is 24.3 Å². The molecule has 0 saturated heterocycles. The summed E-state index contributed by atoms with van der Waals surface area (Å²) in [5.41, 5.74) is 5.79. The van der Waals surface area contributed by atoms with Gasteiger partial charge in [0.1, 0.15) is 5.69 Å². The van der Waals surface area contributed by atoms with Gasteiger partial charge in [-0.2, -0.15) is 5.10 Å². The van der Waals surface area contributed by atoms with Gasteiger partial charge in [0.05, 0.1) is 24.5 Å². The molecule has 0 aliphatic carbocycles. The quantitative estimate of drug-likeness (QED) is 0.870. The summed E-state index contributed by atoms with van der Waals surface area (Å²) < 4.78 is 3.66. The predicted molar refractivity (Wildman–Crippen MR) is 70.1 cm³/mol. The monoisotopic (exact) mass is 262 g/mol. The Balaban J connectivity index is 2.55. The van der Waals surface area contributed by atoms with Gasteiger partial charge < -0.3 is 10.3 Å². The lowest BCUT2D eigenvalue weighted by Crippen LogP contribution is -2.25. The Kier molecular flexibility index (Phi) is 3.13. The van der Waals surface area contributed by atoms with Gasteiger partial charge in [-0.25, -0.2) is 14.6 Å². The van der Waals surface area contributed by atoms with E-state index in [9.17, 15) is 4.79 Å². The van der Waals surface area contributed by atoms with Crippen LogP contribution in [0.2, 0.25) is 0 Å². The summed E-state index contributed by atoms with van der Waals surface area (Å²) in [6.07, 6.45) is 3.46. The van der Waals surface area contributed by atoms with Crippen LogP contribution in [0, 0.1) is 0 Å². The van der Waals surface area contributed by atoms with Crippen molar-refractivity contribution >= 4 is 5.91 Å². The Morgan fingerprint density at radius 3 is 2.58 bits per heavy atom. The van der Waals surface area contributed by atoms with Crippen molar-refractivity contribution in [3.63, 3.8) is 0 Å². The molecule has 2 heterocycles. The summed E-state index contributed by atoms with van der Waals surface area (Å²) >= 11 is 0. The minimum Gasteiger partial charge on any atom is -0.369 e. The summed E-state index contributed by atoms with van der Waals surface area (Å²) in [6.45, 7) is 6.07. The van der Waals surface area contributed by atoms with Crippen molar-refractivity contribution in [2.45, 2.75) is 32.7 Å². The summed E-state index contributed by atoms with van der Waals surface area (Å²) in [7, 11) is 1.89. The minimum absolute atomic E-state index is 0.0356. The fourth-order valence-corrected chi connectivity index (χ4v) is 1.79. The van der Waals surface area contributed by atoms with Gasteiger partial charge in [-0.15, -0.1) is 0 Å². The van der Waals surface area contributed by atoms with Gasteiger partial charge in [0, 0.05) is 7.05 Å². The van der Waals surface area contributed by atoms with Crippen LogP contribution in [0.3, 0.4) is 0 Å². The first-order valence-electron chi connectivity index (χ1n) is 6.00. The number of aryl methyl sites for hydroxylation is 1. The number of carbonyl (C=O) groups is 1. The predicted octanol–water partition coefficient (Wildman–Crippen LogP) is 0.461. The molecule has 7 heteroatoms. The van der Waals surface area contributed by atoms with E-state index in [4.69, 9.17) is 5.73 Å². The number of rotatable bonds is 3. The van der Waals surface area contributed by atoms with Crippen LogP contribution >= 0.6 is 0 Å². The summed E-state index contributed by atoms with van der Waals surface area (Å²) in [5.74, 6) is 0.671. The van der Waals surface area contributed by atoms with E-state index in [1.54, 1.807) is 17.2 Å². The Morgan fingerprint density at radius 1 is 1.42 bits per heavy atom. The highest BCUT2D eigenvalue weighted by Gasteiger charge is 2.23. The fraction of sp³-hybridized carbons (Fsp3) is 0.500. The molecular weight excluding hydrogens is 244 g/mol. The molecule has 0 unspecified atom stereocenters. The van der Waals surface area contributed by atoms with E-state index in [2.05, 4.69) is 15.1 Å². The number of hydrogen-bond acceptors (Lipinski definition) is 4. The van der Waals surface area contributed by atoms with Crippen molar-refractivity contribution in [1.29, 1.82) is 0 Å². The highest BCUT2D eigenvalue weighted by molar-refractivity contribution is 5.75. The van der Waals surface area contributed by atoms with Gasteiger partial charge >= 0.3 is 0 Å². The lowest BCUT2D eigenvalue weighted by Gasteiger charge is -2.21. The third-order valence-electron chi connectivity index (χ3n) is 2.66. The molecule has 2 N–H and O–H groups in total. The largest absolute Gasteiger partial charge is 0.369 e. The van der Waals surface area contributed by atoms with Gasteiger partial charge in [-0.05, 0) is 20.8 Å². The molecule has 19 heavy (non-hydrogen) atoms. The summed E-state index contributed by atoms with van der Waals surface area (Å²) in [5, 5.41) is 4.38. The standard InChI is InChI=1S/C12H18N6O/c1-12(2,3)18-11(8-6-14-7-17(8)4)15-10(16-18)5-9(13)19/h6-7H,5H2,1-4H3,(H2,13,19). The third kappa shape index (κ3) is 2.64. The van der Waals surface area contributed by atoms with Gasteiger partial charge in [-0.3, -0.25) is 4.79 Å². The molecule has 0 saturated carbocycles. The first kappa shape index (κ1) is 13.3. The van der Waals surface area contributed by atoms with Gasteiger partial charge in [-0.1, -0.05) is 0 Å². The number of nitrogens with two attached hydrogens (primary N) is 1. The fourth-order valence-electron chi connectivity index (χ4n) is 1.79. The maximum atomic E-state index is 11.0. The Labute approximate surface area is 111 Å². The van der Waals surface area contributed by atoms with Crippen LogP contribution in [-0.2, 0) is 23.8 Å². The average Bonchev–Trinajstić information content (AvgIpc) is 2.82. The molecule has 7 nitrogen and oxygen atoms in total. The first-order chi connectivity index (χ1) is 8.79. The second kappa shape index (κ2) is 4.49. The van der Waals surface area contributed by atoms with E-state index >= 15 is 0 Å². The van der Waals surface area contributed by atoms with Crippen molar-refractivity contribution in [2.75, 3.05) is 0 Å². The highest BCUT2D eigenvalue weighted by Crippen LogP contribution is 2.23. The van der Waals surface area contributed by atoms with Crippen LogP contribution in [-0.4, -0.2) is 30.2 Å². The Bertz CT molecular complexity index is 604. The molecule has 2 aromatic heterocycles. The first-order valence-corrected chi connectivity index (χ1v) is 6.00. The van der Waals surface area contributed by atoms with E-state index in [1.807, 2.05) is 32.4 Å². The van der Waals surface area contributed by atoms with E-state index in [-0.39, 0.29) is 12.0 Å². The maximum Gasteiger partial charge on any atom is 0.225 e. The molecule has 1 amide bonds. The lowest BCUT2D eigenvalue weighted by atomic mass is 10.1. The second-order valence-electron chi connectivity index (χ2n) is 5.47. The van der Waals surface area contributed by atoms with Crippen LogP contribution in [0.25, 0.3) is 11.5 Å². The average molecular weight is 262 g/mol. The Morgan fingerprint density at radius 2 is 2.11 bits per heavy atom. The normalized spacial score (nSPS) is 11.8. The molecule has 0 radical (unpaired) electrons. The van der Waals surface area contributed by atoms with Gasteiger partial charge in [0.25, 0.3) is 0 Å². The van der Waals surface area contributed by atoms with E-state index in [1.165, 1.54) is 0 Å². The van der Waals surface area contributed by atoms with E-state index in [0.29, 0.717) is 11.6 Å². The molecule has 0 aromatic carbocycles. The zero-order chi connectivity index (χ0) is 14.2. The molecule has 0 aliphatic rings. The number of imidazole rings is 1. The number of nitrogens with zero attached hydrogens (tertiary/aromatic N) is 5. The molecule has 2 aromatic rings. The van der Waals surface area contributed by atoms with Crippen molar-refractivity contribution in [2.24, 2.45) is 12.8 Å². The summed E-state index contributed by atoms with van der Waals surface area (Å²) in [4.78, 5) is 19.5. The topological polar surface area (TPSA) is 91.6 Å². The molecule has 2 rings (SSSR count). The Hall–Kier alpha value is -2.18. The number of carbonyl (C=O) groups excluding carboxylic acids is 1. The van der Waals surface area contributed by atoms with Crippen LogP contribution in [0.1, 0.15) is 26.6 Å². The lowest BCUT2D eigenvalue weighted by molar-refractivity contribution is -0.117. The molecule has 0 bridgehead atoms. The number of amides is 1. The third-order valence-corrected chi connectivity index (χ3v) is 2.66. The van der Waals surface area contributed by atoms with E-state index < -0.39 is 5.91 Å². The SMILES string of the molecule is Cn1cncc1-c1nc(CC(N)=O)nn1C(C)(C)C. The molecule has 0 spiro atoms. The van der Waals surface area contributed by atoms with Crippen LogP contribution in [0.4, 0.5) is 0 Å². The van der Waals surface area contributed by atoms with Crippen LogP contribution in [0.5, 0.6) is 0 Å². The van der Waals surface area contributed by atoms with Gasteiger partial charge in [0.2, 0.25) is 5.91 Å². The minimum atomic E-state index is -0.442. The smallest absolute Gasteiger partial charge is 0.225 e. The molecular formula is C12H18N6O. The number of primary amides is 1. The second-order valence-corrected chi connectivity index (χ2v) is 5.47. The van der Waals surface area contributed by atoms with Gasteiger partial charge in [0.15, 0.2) is 11.6 Å². The maximum absolute atomic E-state index is 11.0. The van der Waals surface area contributed by atoms with Crippen molar-refractivity contribution < 1.29 is 4.79 Å². The zero-order valence-electron chi connectivity index (χ0n) is 11.6. The van der Waals surface area contributed by atoms with Crippen LogP contribution < -0.4 is 5.73 Å². The van der Waals surface area contributed by atoms with Crippen molar-refractivity contribution in [3.8, 4) is 11.5 Å². The van der Waals surface area contributed by atoms with Crippen molar-refractivity contribution in [3.05, 3.63) is 18.3 Å². The molecule has 0 fully saturated rings.